The van der Waals surface area contributed by atoms with E-state index in [4.69, 9.17) is 23.2 Å². The molecule has 0 aromatic heterocycles. The van der Waals surface area contributed by atoms with E-state index in [1.54, 1.807) is 0 Å². The first-order valence-corrected chi connectivity index (χ1v) is 7.76. The summed E-state index contributed by atoms with van der Waals surface area (Å²) in [5.74, 6) is -0.777. The van der Waals surface area contributed by atoms with Crippen molar-refractivity contribution in [1.82, 2.24) is 0 Å². The molecular formula is C18H14Cl2N2O2. The molecule has 2 aromatic rings. The average Bonchev–Trinajstić information content (AvgIpc) is 2.53. The first-order chi connectivity index (χ1) is 11.3. The molecule has 6 heteroatoms. The molecule has 0 radical (unpaired) electrons. The number of aromatic hydroxyl groups is 1. The Morgan fingerprint density at radius 1 is 1.21 bits per heavy atom. The molecule has 0 aliphatic heterocycles. The molecule has 2 rings (SSSR count). The van der Waals surface area contributed by atoms with Crippen LogP contribution >= 0.6 is 23.2 Å². The molecule has 1 amide bonds. The van der Waals surface area contributed by atoms with E-state index in [1.807, 2.05) is 38.1 Å². The number of hydrogen-bond donors (Lipinski definition) is 2. The summed E-state index contributed by atoms with van der Waals surface area (Å²) in [6.45, 7) is 3.78. The van der Waals surface area contributed by atoms with Crippen molar-refractivity contribution >= 4 is 40.9 Å². The number of anilines is 1. The largest absolute Gasteiger partial charge is 0.505 e. The van der Waals surface area contributed by atoms with Crippen molar-refractivity contribution in [2.24, 2.45) is 0 Å². The molecule has 0 unspecified atom stereocenters. The Morgan fingerprint density at radius 3 is 2.42 bits per heavy atom. The Balaban J connectivity index is 2.32. The van der Waals surface area contributed by atoms with E-state index in [-0.39, 0.29) is 21.4 Å². The number of nitrogens with one attached hydrogen (secondary N) is 1. The van der Waals surface area contributed by atoms with E-state index in [0.717, 1.165) is 11.1 Å². The zero-order valence-corrected chi connectivity index (χ0v) is 14.5. The van der Waals surface area contributed by atoms with Crippen LogP contribution in [0.1, 0.15) is 16.7 Å². The van der Waals surface area contributed by atoms with Gasteiger partial charge in [-0.3, -0.25) is 4.79 Å². The highest BCUT2D eigenvalue weighted by Crippen LogP contribution is 2.33. The standard InChI is InChI=1S/C18H14Cl2N2O2/c1-10-3-4-11(2)16(5-10)22-18(24)13(9-21)6-12-7-14(19)17(23)15(20)8-12/h3-8,23H,1-2H3,(H,22,24)/b13-6-. The van der Waals surface area contributed by atoms with Crippen molar-refractivity contribution < 1.29 is 9.90 Å². The van der Waals surface area contributed by atoms with E-state index >= 15 is 0 Å². The number of amides is 1. The number of phenolic OH excluding ortho intramolecular Hbond substituents is 1. The normalized spacial score (nSPS) is 11.0. The Morgan fingerprint density at radius 2 is 1.83 bits per heavy atom. The monoisotopic (exact) mass is 360 g/mol. The van der Waals surface area contributed by atoms with Gasteiger partial charge in [-0.15, -0.1) is 0 Å². The maximum absolute atomic E-state index is 12.3. The van der Waals surface area contributed by atoms with Crippen LogP contribution in [-0.2, 0) is 4.79 Å². The topological polar surface area (TPSA) is 73.1 Å². The van der Waals surface area contributed by atoms with Crippen LogP contribution in [0.4, 0.5) is 5.69 Å². The minimum atomic E-state index is -0.536. The molecule has 24 heavy (non-hydrogen) atoms. The lowest BCUT2D eigenvalue weighted by atomic mass is 10.1. The molecule has 0 aliphatic rings. The second-order valence-electron chi connectivity index (χ2n) is 5.28. The number of hydrogen-bond acceptors (Lipinski definition) is 3. The number of nitriles is 1. The predicted molar refractivity (Wildman–Crippen MR) is 96.3 cm³/mol. The number of carbonyl (C=O) groups excluding carboxylic acids is 1. The van der Waals surface area contributed by atoms with Gasteiger partial charge in [-0.05, 0) is 54.8 Å². The van der Waals surface area contributed by atoms with Gasteiger partial charge >= 0.3 is 0 Å². The summed E-state index contributed by atoms with van der Waals surface area (Å²) < 4.78 is 0. The maximum atomic E-state index is 12.3. The van der Waals surface area contributed by atoms with Crippen molar-refractivity contribution in [3.05, 3.63) is 62.6 Å². The summed E-state index contributed by atoms with van der Waals surface area (Å²) in [4.78, 5) is 12.3. The SMILES string of the molecule is Cc1ccc(C)c(NC(=O)/C(C#N)=C\c2cc(Cl)c(O)c(Cl)c2)c1. The molecule has 0 atom stereocenters. The highest BCUT2D eigenvalue weighted by atomic mass is 35.5. The summed E-state index contributed by atoms with van der Waals surface area (Å²) >= 11 is 11.7. The van der Waals surface area contributed by atoms with Gasteiger partial charge in [0, 0.05) is 5.69 Å². The van der Waals surface area contributed by atoms with Crippen LogP contribution in [0, 0.1) is 25.2 Å². The third-order valence-corrected chi connectivity index (χ3v) is 3.93. The van der Waals surface area contributed by atoms with Gasteiger partial charge in [0.2, 0.25) is 0 Å². The predicted octanol–water partition coefficient (Wildman–Crippen LogP) is 4.86. The van der Waals surface area contributed by atoms with Crippen LogP contribution in [0.25, 0.3) is 6.08 Å². The second-order valence-corrected chi connectivity index (χ2v) is 6.09. The molecule has 122 valence electrons. The Kier molecular flexibility index (Phi) is 5.50. The molecule has 0 fully saturated rings. The maximum Gasteiger partial charge on any atom is 0.266 e. The number of phenols is 1. The van der Waals surface area contributed by atoms with E-state index in [9.17, 15) is 15.2 Å². The minimum Gasteiger partial charge on any atom is -0.505 e. The zero-order chi connectivity index (χ0) is 17.9. The Bertz CT molecular complexity index is 860. The molecule has 2 aromatic carbocycles. The van der Waals surface area contributed by atoms with Gasteiger partial charge in [-0.1, -0.05) is 35.3 Å². The lowest BCUT2D eigenvalue weighted by Gasteiger charge is -2.09. The lowest BCUT2D eigenvalue weighted by molar-refractivity contribution is -0.112. The van der Waals surface area contributed by atoms with E-state index < -0.39 is 5.91 Å². The number of carbonyl (C=O) groups is 1. The number of nitrogens with zero attached hydrogens (tertiary/aromatic N) is 1. The first-order valence-electron chi connectivity index (χ1n) is 7.00. The highest BCUT2D eigenvalue weighted by molar-refractivity contribution is 6.37. The van der Waals surface area contributed by atoms with Crippen LogP contribution in [0.2, 0.25) is 10.0 Å². The summed E-state index contributed by atoms with van der Waals surface area (Å²) in [6, 6.07) is 10.4. The molecule has 4 nitrogen and oxygen atoms in total. The van der Waals surface area contributed by atoms with Gasteiger partial charge in [-0.25, -0.2) is 0 Å². The van der Waals surface area contributed by atoms with Crippen molar-refractivity contribution in [2.75, 3.05) is 5.32 Å². The fourth-order valence-electron chi connectivity index (χ4n) is 2.04. The first kappa shape index (κ1) is 17.9. The van der Waals surface area contributed by atoms with Crippen LogP contribution in [-0.4, -0.2) is 11.0 Å². The minimum absolute atomic E-state index is 0.0426. The van der Waals surface area contributed by atoms with Gasteiger partial charge in [-0.2, -0.15) is 5.26 Å². The highest BCUT2D eigenvalue weighted by Gasteiger charge is 2.12. The van der Waals surface area contributed by atoms with Crippen molar-refractivity contribution in [3.63, 3.8) is 0 Å². The fourth-order valence-corrected chi connectivity index (χ4v) is 2.55. The van der Waals surface area contributed by atoms with Crippen LogP contribution < -0.4 is 5.32 Å². The Hall–Kier alpha value is -2.48. The van der Waals surface area contributed by atoms with Crippen molar-refractivity contribution in [2.45, 2.75) is 13.8 Å². The number of rotatable bonds is 3. The molecule has 0 saturated heterocycles. The molecule has 0 spiro atoms. The Labute approximate surface area is 149 Å². The number of halogens is 2. The number of aryl methyl sites for hydroxylation is 2. The summed E-state index contributed by atoms with van der Waals surface area (Å²) in [5.41, 5.74) is 2.87. The second kappa shape index (κ2) is 7.39. The van der Waals surface area contributed by atoms with Crippen LogP contribution in [0.3, 0.4) is 0 Å². The van der Waals surface area contributed by atoms with Crippen molar-refractivity contribution in [3.8, 4) is 11.8 Å². The summed E-state index contributed by atoms with van der Waals surface area (Å²) in [6.07, 6.45) is 1.36. The molecule has 0 heterocycles. The van der Waals surface area contributed by atoms with Gasteiger partial charge in [0.1, 0.15) is 11.6 Å². The van der Waals surface area contributed by atoms with Gasteiger partial charge < -0.3 is 10.4 Å². The quantitative estimate of drug-likeness (QED) is 0.606. The average molecular weight is 361 g/mol. The van der Waals surface area contributed by atoms with E-state index in [2.05, 4.69) is 5.32 Å². The fraction of sp³-hybridized carbons (Fsp3) is 0.111. The van der Waals surface area contributed by atoms with Gasteiger partial charge in [0.15, 0.2) is 5.75 Å². The van der Waals surface area contributed by atoms with Gasteiger partial charge in [0.25, 0.3) is 5.91 Å². The summed E-state index contributed by atoms with van der Waals surface area (Å²) in [7, 11) is 0. The lowest BCUT2D eigenvalue weighted by Crippen LogP contribution is -2.14. The van der Waals surface area contributed by atoms with Crippen LogP contribution in [0.5, 0.6) is 5.75 Å². The number of benzene rings is 2. The summed E-state index contributed by atoms with van der Waals surface area (Å²) in [5, 5.41) is 21.6. The van der Waals surface area contributed by atoms with Gasteiger partial charge in [0.05, 0.1) is 10.0 Å². The molecule has 2 N–H and O–H groups in total. The molecule has 0 aliphatic carbocycles. The molecule has 0 bridgehead atoms. The van der Waals surface area contributed by atoms with Crippen LogP contribution in [0.15, 0.2) is 35.9 Å². The smallest absolute Gasteiger partial charge is 0.266 e. The molecular weight excluding hydrogens is 347 g/mol. The zero-order valence-electron chi connectivity index (χ0n) is 13.0. The van der Waals surface area contributed by atoms with E-state index in [1.165, 1.54) is 18.2 Å². The third-order valence-electron chi connectivity index (χ3n) is 3.36. The van der Waals surface area contributed by atoms with E-state index in [0.29, 0.717) is 11.3 Å². The third kappa shape index (κ3) is 4.08. The van der Waals surface area contributed by atoms with Crippen molar-refractivity contribution in [1.29, 1.82) is 5.26 Å². The molecule has 0 saturated carbocycles.